The minimum Gasteiger partial charge on any atom is -0.508 e. The van der Waals surface area contributed by atoms with Crippen molar-refractivity contribution in [3.05, 3.63) is 66.2 Å². The molecule has 1 saturated heterocycles. The maximum atomic E-state index is 12.3. The molecule has 5 rings (SSSR count). The summed E-state index contributed by atoms with van der Waals surface area (Å²) < 4.78 is 22.4. The number of phenolic OH excluding ortho intramolecular Hbond substituents is 6. The van der Waals surface area contributed by atoms with Crippen LogP contribution in [0.4, 0.5) is 0 Å². The number of aromatic hydroxyl groups is 6. The number of phenols is 6. The number of esters is 1. The molecule has 9 N–H and O–H groups in total. The van der Waals surface area contributed by atoms with Gasteiger partial charge in [-0.1, -0.05) is 12.1 Å². The molecular weight excluding hydrogens is 584 g/mol. The Morgan fingerprint density at radius 1 is 0.818 bits per heavy atom. The quantitative estimate of drug-likeness (QED) is 0.0629. The third kappa shape index (κ3) is 6.23. The number of carbonyl (C=O) groups is 1. The molecule has 1 aromatic heterocycles. The first-order valence-electron chi connectivity index (χ1n) is 13.0. The van der Waals surface area contributed by atoms with Gasteiger partial charge in [0, 0.05) is 30.3 Å². The maximum absolute atomic E-state index is 12.3. The van der Waals surface area contributed by atoms with Crippen molar-refractivity contribution < 1.29 is 69.4 Å². The second-order valence-electron chi connectivity index (χ2n) is 9.87. The number of benzene rings is 3. The number of hydrogen-bond acceptors (Lipinski definition) is 13. The van der Waals surface area contributed by atoms with Crippen molar-refractivity contribution in [1.29, 1.82) is 0 Å². The van der Waals surface area contributed by atoms with E-state index >= 15 is 0 Å². The average Bonchev–Trinajstić information content (AvgIpc) is 2.98. The molecule has 0 bridgehead atoms. The Balaban J connectivity index is 1.41. The molecule has 3 aromatic carbocycles. The third-order valence-corrected chi connectivity index (χ3v) is 6.75. The molecule has 44 heavy (non-hydrogen) atoms. The van der Waals surface area contributed by atoms with E-state index in [1.54, 1.807) is 12.1 Å². The van der Waals surface area contributed by atoms with Crippen LogP contribution in [-0.4, -0.2) is 89.2 Å². The average molecular weight is 612 g/mol. The molecule has 0 aliphatic carbocycles. The predicted octanol–water partition coefficient (Wildman–Crippen LogP) is 2.06. The molecule has 14 nitrogen and oxygen atoms in total. The van der Waals surface area contributed by atoms with Crippen LogP contribution in [0.5, 0.6) is 40.2 Å². The van der Waals surface area contributed by atoms with Crippen molar-refractivity contribution in [2.75, 3.05) is 6.61 Å². The summed E-state index contributed by atoms with van der Waals surface area (Å²) in [4.78, 5) is 12.3. The zero-order valence-electron chi connectivity index (χ0n) is 22.5. The highest BCUT2D eigenvalue weighted by molar-refractivity contribution is 5.89. The monoisotopic (exact) mass is 611 g/mol. The van der Waals surface area contributed by atoms with Gasteiger partial charge >= 0.3 is 17.3 Å². The lowest BCUT2D eigenvalue weighted by Gasteiger charge is -2.39. The van der Waals surface area contributed by atoms with Gasteiger partial charge in [-0.15, -0.1) is 0 Å². The van der Waals surface area contributed by atoms with E-state index in [-0.39, 0.29) is 39.5 Å². The molecule has 230 valence electrons. The van der Waals surface area contributed by atoms with Crippen molar-refractivity contribution in [2.45, 2.75) is 30.7 Å². The molecule has 3 unspecified atom stereocenters. The minimum atomic E-state index is -1.86. The van der Waals surface area contributed by atoms with Crippen LogP contribution < -0.4 is 4.74 Å². The van der Waals surface area contributed by atoms with Gasteiger partial charge in [-0.2, -0.15) is 0 Å². The summed E-state index contributed by atoms with van der Waals surface area (Å²) in [5.41, 5.74) is 0.464. The van der Waals surface area contributed by atoms with Crippen LogP contribution in [0.3, 0.4) is 0 Å². The number of ether oxygens (including phenoxy) is 3. The van der Waals surface area contributed by atoms with E-state index in [9.17, 15) is 50.8 Å². The largest absolute Gasteiger partial charge is 0.508 e. The van der Waals surface area contributed by atoms with Crippen LogP contribution in [-0.2, 0) is 14.3 Å². The van der Waals surface area contributed by atoms with Crippen LogP contribution in [0.15, 0.2) is 65.1 Å². The van der Waals surface area contributed by atoms with Gasteiger partial charge in [0.25, 0.3) is 0 Å². The molecule has 2 heterocycles. The minimum absolute atomic E-state index is 0.0190. The van der Waals surface area contributed by atoms with E-state index in [2.05, 4.69) is 0 Å². The van der Waals surface area contributed by atoms with Crippen LogP contribution >= 0.6 is 0 Å². The van der Waals surface area contributed by atoms with Gasteiger partial charge in [-0.25, -0.2) is 9.21 Å². The summed E-state index contributed by atoms with van der Waals surface area (Å²) in [6.45, 7) is -0.571. The van der Waals surface area contributed by atoms with Gasteiger partial charge in [0.1, 0.15) is 53.7 Å². The second kappa shape index (κ2) is 12.1. The van der Waals surface area contributed by atoms with E-state index in [1.807, 2.05) is 0 Å². The first-order chi connectivity index (χ1) is 20.9. The second-order valence-corrected chi connectivity index (χ2v) is 9.87. The third-order valence-electron chi connectivity index (χ3n) is 6.75. The highest BCUT2D eigenvalue weighted by Gasteiger charge is 2.46. The van der Waals surface area contributed by atoms with Crippen LogP contribution in [0.1, 0.15) is 5.56 Å². The Morgan fingerprint density at radius 3 is 2.18 bits per heavy atom. The summed E-state index contributed by atoms with van der Waals surface area (Å²) in [6, 6.07) is 11.4. The molecule has 1 fully saturated rings. The molecule has 14 heteroatoms. The van der Waals surface area contributed by atoms with E-state index < -0.39 is 66.3 Å². The van der Waals surface area contributed by atoms with E-state index in [0.717, 1.165) is 30.3 Å². The Kier molecular flexibility index (Phi) is 8.33. The molecule has 0 spiro atoms. The SMILES string of the molecule is O=C(/C=C/c1ccc(O)cc1)OCC1O[C@@H](Oc2cc3c(O)cc(O)cc3[o+]c2-c2cc(O)c(O)c(O)c2)C(O)C(O)[C@@H]1O. The van der Waals surface area contributed by atoms with Crippen molar-refractivity contribution in [3.63, 3.8) is 0 Å². The smallest absolute Gasteiger partial charge is 0.402 e. The first-order valence-corrected chi connectivity index (χ1v) is 13.0. The maximum Gasteiger partial charge on any atom is 0.402 e. The molecule has 4 aromatic rings. The zero-order chi connectivity index (χ0) is 31.7. The van der Waals surface area contributed by atoms with Gasteiger partial charge in [-0.3, -0.25) is 0 Å². The number of aliphatic hydroxyl groups excluding tert-OH is 3. The molecule has 0 saturated carbocycles. The molecular formula is C30H27O14+. The van der Waals surface area contributed by atoms with E-state index in [1.165, 1.54) is 24.3 Å². The molecule has 0 amide bonds. The number of carbonyl (C=O) groups excluding carboxylic acids is 1. The van der Waals surface area contributed by atoms with Crippen LogP contribution in [0.2, 0.25) is 0 Å². The first kappa shape index (κ1) is 30.2. The lowest BCUT2D eigenvalue weighted by atomic mass is 9.99. The number of hydrogen-bond donors (Lipinski definition) is 9. The molecule has 0 radical (unpaired) electrons. The van der Waals surface area contributed by atoms with Crippen molar-refractivity contribution in [2.24, 2.45) is 0 Å². The number of rotatable bonds is 7. The van der Waals surface area contributed by atoms with Crippen LogP contribution in [0.25, 0.3) is 28.4 Å². The topological polar surface area (TPSA) is 238 Å². The van der Waals surface area contributed by atoms with Gasteiger partial charge in [0.2, 0.25) is 12.0 Å². The summed E-state index contributed by atoms with van der Waals surface area (Å²) in [5, 5.41) is 91.2. The standard InChI is InChI=1S/C30H26O14/c31-15-4-1-13(2-5-15)3-6-24(36)41-12-23-26(38)27(39)28(40)30(44-23)43-22-11-17-18(33)9-16(32)10-21(17)42-29(22)14-7-19(34)25(37)20(35)8-14/h1-11,23,26-28,30,38-40H,12H2,(H5-,31,32,33,34,35,36,37)/p+1/t23?,26-,27?,28?,30-/m1/s1. The highest BCUT2D eigenvalue weighted by Crippen LogP contribution is 2.44. The van der Waals surface area contributed by atoms with Crippen molar-refractivity contribution in [1.82, 2.24) is 0 Å². The Hall–Kier alpha value is -5.28. The summed E-state index contributed by atoms with van der Waals surface area (Å²) in [6.07, 6.45) is -6.01. The molecule has 1 aliphatic heterocycles. The zero-order valence-corrected chi connectivity index (χ0v) is 22.5. The van der Waals surface area contributed by atoms with Gasteiger partial charge in [0.05, 0.1) is 11.6 Å². The normalized spacial score (nSPS) is 21.8. The summed E-state index contributed by atoms with van der Waals surface area (Å²) in [5.74, 6) is -4.35. The van der Waals surface area contributed by atoms with E-state index in [0.29, 0.717) is 5.56 Å². The van der Waals surface area contributed by atoms with Gasteiger partial charge in [-0.05, 0) is 23.8 Å². The summed E-state index contributed by atoms with van der Waals surface area (Å²) >= 11 is 0. The Labute approximate surface area is 247 Å². The lowest BCUT2D eigenvalue weighted by molar-refractivity contribution is -0.278. The fraction of sp³-hybridized carbons (Fsp3) is 0.200. The molecule has 5 atom stereocenters. The summed E-state index contributed by atoms with van der Waals surface area (Å²) in [7, 11) is 0. The Morgan fingerprint density at radius 2 is 1.50 bits per heavy atom. The fourth-order valence-electron chi connectivity index (χ4n) is 4.45. The van der Waals surface area contributed by atoms with Crippen LogP contribution in [0, 0.1) is 0 Å². The molecule has 1 aliphatic rings. The highest BCUT2D eigenvalue weighted by atomic mass is 16.7. The van der Waals surface area contributed by atoms with Crippen molar-refractivity contribution >= 4 is 23.0 Å². The van der Waals surface area contributed by atoms with Gasteiger partial charge < -0.3 is 60.2 Å². The number of aliphatic hydroxyl groups is 3. The number of fused-ring (bicyclic) bond motifs is 1. The Bertz CT molecular complexity index is 1690. The fourth-order valence-corrected chi connectivity index (χ4v) is 4.45. The van der Waals surface area contributed by atoms with Crippen molar-refractivity contribution in [3.8, 4) is 51.6 Å². The lowest BCUT2D eigenvalue weighted by Crippen LogP contribution is -2.60. The predicted molar refractivity (Wildman–Crippen MR) is 150 cm³/mol. The van der Waals surface area contributed by atoms with E-state index in [4.69, 9.17) is 18.6 Å². The van der Waals surface area contributed by atoms with Gasteiger partial charge in [0.15, 0.2) is 17.2 Å².